The second-order valence-corrected chi connectivity index (χ2v) is 12.7. The van der Waals surface area contributed by atoms with Crippen molar-refractivity contribution in [2.75, 3.05) is 20.2 Å². The normalized spacial score (nSPS) is 22.1. The number of sulfonamides is 1. The van der Waals surface area contributed by atoms with Gasteiger partial charge in [0.15, 0.2) is 10.8 Å². The highest BCUT2D eigenvalue weighted by Gasteiger charge is 2.45. The number of nitrogens with zero attached hydrogens (tertiary/aromatic N) is 3. The molecule has 0 amide bonds. The average Bonchev–Trinajstić information content (AvgIpc) is 3.38. The summed E-state index contributed by atoms with van der Waals surface area (Å²) in [7, 11) is -2.14. The van der Waals surface area contributed by atoms with Crippen molar-refractivity contribution in [2.45, 2.75) is 43.4 Å². The van der Waals surface area contributed by atoms with Crippen molar-refractivity contribution in [1.29, 1.82) is 0 Å². The molecule has 0 radical (unpaired) electrons. The third kappa shape index (κ3) is 4.69. The van der Waals surface area contributed by atoms with Crippen LogP contribution in [0.4, 0.5) is 4.39 Å². The monoisotopic (exact) mass is 552 g/mol. The third-order valence-electron chi connectivity index (χ3n) is 6.96. The Hall–Kier alpha value is -2.34. The van der Waals surface area contributed by atoms with Gasteiger partial charge < -0.3 is 10.1 Å². The van der Waals surface area contributed by atoms with Crippen LogP contribution in [0.25, 0.3) is 0 Å². The molecule has 3 aliphatic rings. The molecule has 0 spiro atoms. The zero-order valence-electron chi connectivity index (χ0n) is 19.6. The van der Waals surface area contributed by atoms with E-state index in [1.165, 1.54) is 41.0 Å². The van der Waals surface area contributed by atoms with Gasteiger partial charge in [-0.2, -0.15) is 0 Å². The Labute approximate surface area is 218 Å². The highest BCUT2D eigenvalue weighted by molar-refractivity contribution is 7.89. The van der Waals surface area contributed by atoms with Crippen molar-refractivity contribution in [3.8, 4) is 0 Å². The summed E-state index contributed by atoms with van der Waals surface area (Å²) in [6, 6.07) is 3.06. The molecule has 1 aliphatic carbocycles. The SMILES string of the molecule is COC(=O)C1=C(C2CN(S(=O)(=O)C3CCCCC3)C2)NC(c2nccs2)=NC1c1ccc(F)cc1Cl. The minimum atomic E-state index is -3.41. The molecule has 1 aromatic heterocycles. The molecule has 1 aromatic carbocycles. The van der Waals surface area contributed by atoms with Crippen molar-refractivity contribution < 1.29 is 22.3 Å². The van der Waals surface area contributed by atoms with Crippen LogP contribution in [0, 0.1) is 11.7 Å². The predicted molar refractivity (Wildman–Crippen MR) is 136 cm³/mol. The number of ether oxygens (including phenoxy) is 1. The Morgan fingerprint density at radius 2 is 2.00 bits per heavy atom. The van der Waals surface area contributed by atoms with Gasteiger partial charge in [0.2, 0.25) is 10.0 Å². The topological polar surface area (TPSA) is 101 Å². The van der Waals surface area contributed by atoms with E-state index in [1.807, 2.05) is 0 Å². The van der Waals surface area contributed by atoms with Gasteiger partial charge in [0.1, 0.15) is 11.9 Å². The minimum Gasteiger partial charge on any atom is -0.466 e. The van der Waals surface area contributed by atoms with E-state index in [4.69, 9.17) is 21.3 Å². The molecule has 1 atom stereocenters. The Kier molecular flexibility index (Phi) is 7.17. The zero-order valence-corrected chi connectivity index (χ0v) is 22.0. The number of carbonyl (C=O) groups excluding carboxylic acids is 1. The molecule has 1 saturated heterocycles. The number of benzene rings is 1. The lowest BCUT2D eigenvalue weighted by molar-refractivity contribution is -0.136. The Morgan fingerprint density at radius 1 is 1.25 bits per heavy atom. The lowest BCUT2D eigenvalue weighted by Crippen LogP contribution is -2.56. The van der Waals surface area contributed by atoms with Gasteiger partial charge in [0, 0.05) is 46.9 Å². The summed E-state index contributed by atoms with van der Waals surface area (Å²) in [5.74, 6) is -0.956. The van der Waals surface area contributed by atoms with Crippen LogP contribution in [0.5, 0.6) is 0 Å². The second kappa shape index (κ2) is 10.2. The first-order valence-corrected chi connectivity index (χ1v) is 14.6. The first-order chi connectivity index (χ1) is 17.3. The van der Waals surface area contributed by atoms with E-state index < -0.39 is 27.9 Å². The molecule has 1 N–H and O–H groups in total. The molecule has 8 nitrogen and oxygen atoms in total. The Morgan fingerprint density at radius 3 is 2.64 bits per heavy atom. The number of carbonyl (C=O) groups is 1. The number of rotatable bonds is 6. The van der Waals surface area contributed by atoms with Crippen molar-refractivity contribution in [2.24, 2.45) is 10.9 Å². The second-order valence-electron chi connectivity index (χ2n) is 9.15. The minimum absolute atomic E-state index is 0.125. The van der Waals surface area contributed by atoms with Gasteiger partial charge in [0.25, 0.3) is 0 Å². The van der Waals surface area contributed by atoms with Crippen LogP contribution in [0.2, 0.25) is 5.02 Å². The molecule has 1 unspecified atom stereocenters. The number of esters is 1. The van der Waals surface area contributed by atoms with Gasteiger partial charge in [-0.15, -0.1) is 11.3 Å². The lowest BCUT2D eigenvalue weighted by Gasteiger charge is -2.43. The number of methoxy groups -OCH3 is 1. The molecule has 36 heavy (non-hydrogen) atoms. The van der Waals surface area contributed by atoms with Gasteiger partial charge in [-0.05, 0) is 25.0 Å². The number of amidine groups is 1. The van der Waals surface area contributed by atoms with Crippen LogP contribution >= 0.6 is 22.9 Å². The predicted octanol–water partition coefficient (Wildman–Crippen LogP) is 4.05. The quantitative estimate of drug-likeness (QED) is 0.543. The van der Waals surface area contributed by atoms with Crippen molar-refractivity contribution in [1.82, 2.24) is 14.6 Å². The fourth-order valence-electron chi connectivity index (χ4n) is 5.02. The molecule has 5 rings (SSSR count). The highest BCUT2D eigenvalue weighted by atomic mass is 35.5. The molecule has 192 valence electrons. The summed E-state index contributed by atoms with van der Waals surface area (Å²) in [5.41, 5.74) is 1.20. The molecular weight excluding hydrogens is 527 g/mol. The van der Waals surface area contributed by atoms with E-state index in [1.54, 1.807) is 11.6 Å². The summed E-state index contributed by atoms with van der Waals surface area (Å²) < 4.78 is 46.8. The maximum atomic E-state index is 13.8. The van der Waals surface area contributed by atoms with Crippen molar-refractivity contribution >= 4 is 44.8 Å². The number of halogens is 2. The first-order valence-electron chi connectivity index (χ1n) is 11.8. The fraction of sp³-hybridized carbons (Fsp3) is 0.458. The molecule has 12 heteroatoms. The summed E-state index contributed by atoms with van der Waals surface area (Å²) in [6.07, 6.45) is 5.93. The number of nitrogens with one attached hydrogen (secondary N) is 1. The first kappa shape index (κ1) is 25.3. The Balaban J connectivity index is 1.52. The average molecular weight is 553 g/mol. The molecule has 1 saturated carbocycles. The van der Waals surface area contributed by atoms with E-state index in [9.17, 15) is 17.6 Å². The Bertz CT molecular complexity index is 1320. The summed E-state index contributed by atoms with van der Waals surface area (Å²) in [4.78, 5) is 22.1. The lowest BCUT2D eigenvalue weighted by atomic mass is 9.88. The largest absolute Gasteiger partial charge is 0.466 e. The van der Waals surface area contributed by atoms with Crippen molar-refractivity contribution in [3.05, 3.63) is 62.5 Å². The van der Waals surface area contributed by atoms with Crippen LogP contribution in [0.15, 0.2) is 46.0 Å². The summed E-state index contributed by atoms with van der Waals surface area (Å²) in [6.45, 7) is 0.493. The van der Waals surface area contributed by atoms with E-state index in [0.717, 1.165) is 19.3 Å². The maximum absolute atomic E-state index is 13.8. The van der Waals surface area contributed by atoms with Crippen LogP contribution < -0.4 is 5.32 Å². The van der Waals surface area contributed by atoms with Crippen LogP contribution in [0.1, 0.15) is 48.7 Å². The van der Waals surface area contributed by atoms with Gasteiger partial charge in [-0.3, -0.25) is 4.99 Å². The van der Waals surface area contributed by atoms with Crippen LogP contribution in [-0.4, -0.2) is 55.0 Å². The number of aliphatic imine (C=N–C) groups is 1. The van der Waals surface area contributed by atoms with Gasteiger partial charge in [-0.1, -0.05) is 36.9 Å². The molecular formula is C24H26ClFN4O4S2. The highest BCUT2D eigenvalue weighted by Crippen LogP contribution is 2.41. The number of hydrogen-bond acceptors (Lipinski definition) is 8. The number of thiazole rings is 1. The van der Waals surface area contributed by atoms with Gasteiger partial charge in [-0.25, -0.2) is 26.9 Å². The summed E-state index contributed by atoms with van der Waals surface area (Å²) >= 11 is 7.76. The maximum Gasteiger partial charge on any atom is 0.338 e. The van der Waals surface area contributed by atoms with Crippen LogP contribution in [0.3, 0.4) is 0 Å². The molecule has 2 aliphatic heterocycles. The fourth-order valence-corrected chi connectivity index (χ4v) is 8.01. The third-order valence-corrected chi connectivity index (χ3v) is 10.4. The standard InChI is InChI=1S/C24H26ClFN4O4S2/c1-34-24(31)19-20(14-12-30(13-14)36(32,33)16-5-3-2-4-6-16)28-22(23-27-9-10-35-23)29-21(19)17-8-7-15(26)11-18(17)25/h7-11,14,16,21H,2-6,12-13H2,1H3,(H,28,29). The molecule has 0 bridgehead atoms. The van der Waals surface area contributed by atoms with E-state index in [2.05, 4.69) is 10.3 Å². The van der Waals surface area contributed by atoms with Gasteiger partial charge >= 0.3 is 5.97 Å². The summed E-state index contributed by atoms with van der Waals surface area (Å²) in [5, 5.41) is 5.43. The molecule has 2 fully saturated rings. The van der Waals surface area contributed by atoms with Crippen LogP contribution in [-0.2, 0) is 19.6 Å². The zero-order chi connectivity index (χ0) is 25.4. The van der Waals surface area contributed by atoms with Crippen molar-refractivity contribution in [3.63, 3.8) is 0 Å². The van der Waals surface area contributed by atoms with E-state index >= 15 is 0 Å². The van der Waals surface area contributed by atoms with E-state index in [-0.39, 0.29) is 34.9 Å². The van der Waals surface area contributed by atoms with E-state index in [0.29, 0.717) is 34.9 Å². The number of aromatic nitrogens is 1. The smallest absolute Gasteiger partial charge is 0.338 e. The number of hydrogen-bond donors (Lipinski definition) is 1. The molecule has 2 aromatic rings. The van der Waals surface area contributed by atoms with Gasteiger partial charge in [0.05, 0.1) is 17.9 Å². The molecule has 3 heterocycles.